The molecule has 6 heteroatoms. The molecule has 0 bridgehead atoms. The first-order chi connectivity index (χ1) is 7.97. The third kappa shape index (κ3) is 7.31. The highest BCUT2D eigenvalue weighted by Crippen LogP contribution is 2.48. The summed E-state index contributed by atoms with van der Waals surface area (Å²) in [7, 11) is -3.15. The van der Waals surface area contributed by atoms with Gasteiger partial charge in [0.05, 0.1) is 19.4 Å². The summed E-state index contributed by atoms with van der Waals surface area (Å²) in [5, 5.41) is 0. The SMILES string of the molecule is C/C=C/C(=O)OC(C)CP(=O)(OCC)OCC. The topological polar surface area (TPSA) is 61.8 Å². The van der Waals surface area contributed by atoms with Crippen molar-refractivity contribution >= 4 is 13.6 Å². The quantitative estimate of drug-likeness (QED) is 0.383. The maximum absolute atomic E-state index is 12.1. The number of rotatable bonds is 8. The zero-order valence-corrected chi connectivity index (χ0v) is 11.7. The number of carbonyl (C=O) groups excluding carboxylic acids is 1. The first kappa shape index (κ1) is 16.4. The molecule has 100 valence electrons. The van der Waals surface area contributed by atoms with E-state index >= 15 is 0 Å². The maximum atomic E-state index is 12.1. The van der Waals surface area contributed by atoms with Gasteiger partial charge >= 0.3 is 13.6 Å². The van der Waals surface area contributed by atoms with Gasteiger partial charge in [-0.25, -0.2) is 4.79 Å². The Bertz CT molecular complexity index is 290. The summed E-state index contributed by atoms with van der Waals surface area (Å²) in [5.74, 6) is -0.459. The van der Waals surface area contributed by atoms with Crippen molar-refractivity contribution in [2.45, 2.75) is 33.8 Å². The molecule has 0 rings (SSSR count). The van der Waals surface area contributed by atoms with Crippen LogP contribution in [-0.2, 0) is 23.1 Å². The van der Waals surface area contributed by atoms with E-state index in [4.69, 9.17) is 13.8 Å². The minimum Gasteiger partial charge on any atom is -0.459 e. The highest BCUT2D eigenvalue weighted by Gasteiger charge is 2.27. The summed E-state index contributed by atoms with van der Waals surface area (Å²) in [6, 6.07) is 0. The van der Waals surface area contributed by atoms with Gasteiger partial charge in [-0.2, -0.15) is 0 Å². The van der Waals surface area contributed by atoms with Gasteiger partial charge < -0.3 is 13.8 Å². The van der Waals surface area contributed by atoms with Gasteiger partial charge in [-0.3, -0.25) is 4.57 Å². The third-order valence-electron chi connectivity index (χ3n) is 1.75. The van der Waals surface area contributed by atoms with E-state index in [2.05, 4.69) is 0 Å². The lowest BCUT2D eigenvalue weighted by Gasteiger charge is -2.20. The average molecular weight is 264 g/mol. The Kier molecular flexibility index (Phi) is 8.13. The predicted octanol–water partition coefficient (Wildman–Crippen LogP) is 2.76. The van der Waals surface area contributed by atoms with Crippen molar-refractivity contribution in [2.75, 3.05) is 19.4 Å². The second-order valence-corrected chi connectivity index (χ2v) is 5.48. The van der Waals surface area contributed by atoms with Crippen molar-refractivity contribution in [1.82, 2.24) is 0 Å². The van der Waals surface area contributed by atoms with Gasteiger partial charge in [-0.05, 0) is 27.7 Å². The van der Waals surface area contributed by atoms with Gasteiger partial charge in [-0.15, -0.1) is 0 Å². The molecule has 1 atom stereocenters. The molecule has 0 aromatic carbocycles. The molecule has 0 aromatic heterocycles. The van der Waals surface area contributed by atoms with Crippen LogP contribution in [0.1, 0.15) is 27.7 Å². The van der Waals surface area contributed by atoms with Gasteiger partial charge in [0.2, 0.25) is 0 Å². The lowest BCUT2D eigenvalue weighted by molar-refractivity contribution is -0.141. The van der Waals surface area contributed by atoms with Crippen LogP contribution < -0.4 is 0 Å². The number of allylic oxidation sites excluding steroid dienone is 1. The summed E-state index contributed by atoms with van der Waals surface area (Å²) in [6.45, 7) is 7.45. The second kappa shape index (κ2) is 8.45. The van der Waals surface area contributed by atoms with Crippen LogP contribution in [0.3, 0.4) is 0 Å². The first-order valence-corrected chi connectivity index (χ1v) is 7.41. The van der Waals surface area contributed by atoms with E-state index in [1.54, 1.807) is 33.8 Å². The maximum Gasteiger partial charge on any atom is 0.334 e. The van der Waals surface area contributed by atoms with E-state index in [-0.39, 0.29) is 6.16 Å². The number of ether oxygens (including phenoxy) is 1. The monoisotopic (exact) mass is 264 g/mol. The number of esters is 1. The van der Waals surface area contributed by atoms with Crippen LogP contribution in [0.4, 0.5) is 0 Å². The van der Waals surface area contributed by atoms with Gasteiger partial charge in [0, 0.05) is 6.08 Å². The summed E-state index contributed by atoms with van der Waals surface area (Å²) in [5.41, 5.74) is 0. The fourth-order valence-electron chi connectivity index (χ4n) is 1.26. The fourth-order valence-corrected chi connectivity index (χ4v) is 3.04. The molecule has 0 N–H and O–H groups in total. The molecule has 0 aliphatic carbocycles. The zero-order chi connectivity index (χ0) is 13.3. The van der Waals surface area contributed by atoms with Crippen molar-refractivity contribution in [3.63, 3.8) is 0 Å². The molecule has 0 saturated carbocycles. The lowest BCUT2D eigenvalue weighted by atomic mass is 10.4. The Morgan fingerprint density at radius 3 is 2.24 bits per heavy atom. The van der Waals surface area contributed by atoms with E-state index in [1.165, 1.54) is 6.08 Å². The highest BCUT2D eigenvalue weighted by molar-refractivity contribution is 7.53. The van der Waals surface area contributed by atoms with Gasteiger partial charge in [0.1, 0.15) is 6.10 Å². The van der Waals surface area contributed by atoms with Gasteiger partial charge in [-0.1, -0.05) is 6.08 Å². The van der Waals surface area contributed by atoms with E-state index in [0.717, 1.165) is 0 Å². The van der Waals surface area contributed by atoms with Crippen molar-refractivity contribution in [3.05, 3.63) is 12.2 Å². The zero-order valence-electron chi connectivity index (χ0n) is 10.8. The number of carbonyl (C=O) groups is 1. The first-order valence-electron chi connectivity index (χ1n) is 5.68. The largest absolute Gasteiger partial charge is 0.459 e. The molecule has 0 fully saturated rings. The number of hydrogen-bond donors (Lipinski definition) is 0. The van der Waals surface area contributed by atoms with Crippen molar-refractivity contribution in [3.8, 4) is 0 Å². The summed E-state index contributed by atoms with van der Waals surface area (Å²) in [4.78, 5) is 11.2. The van der Waals surface area contributed by atoms with Crippen LogP contribution in [0, 0.1) is 0 Å². The van der Waals surface area contributed by atoms with E-state index in [9.17, 15) is 9.36 Å². The molecule has 0 heterocycles. The van der Waals surface area contributed by atoms with E-state index in [1.807, 2.05) is 0 Å². The van der Waals surface area contributed by atoms with Gasteiger partial charge in [0.15, 0.2) is 0 Å². The molecular weight excluding hydrogens is 243 g/mol. The normalized spacial score (nSPS) is 13.9. The molecule has 5 nitrogen and oxygen atoms in total. The van der Waals surface area contributed by atoms with Crippen LogP contribution in [0.25, 0.3) is 0 Å². The predicted molar refractivity (Wildman–Crippen MR) is 66.1 cm³/mol. The van der Waals surface area contributed by atoms with Crippen molar-refractivity contribution in [1.29, 1.82) is 0 Å². The molecule has 17 heavy (non-hydrogen) atoms. The third-order valence-corrected chi connectivity index (χ3v) is 4.02. The Hall–Kier alpha value is -0.640. The van der Waals surface area contributed by atoms with Gasteiger partial charge in [0.25, 0.3) is 0 Å². The average Bonchev–Trinajstić information content (AvgIpc) is 2.17. The van der Waals surface area contributed by atoms with Crippen LogP contribution in [0.15, 0.2) is 12.2 Å². The molecule has 0 amide bonds. The Morgan fingerprint density at radius 1 is 1.29 bits per heavy atom. The fraction of sp³-hybridized carbons (Fsp3) is 0.727. The molecular formula is C11H21O5P. The molecule has 0 aliphatic rings. The van der Waals surface area contributed by atoms with Crippen LogP contribution in [0.5, 0.6) is 0 Å². The molecule has 0 aliphatic heterocycles. The van der Waals surface area contributed by atoms with E-state index in [0.29, 0.717) is 13.2 Å². The Labute approximate surface area is 103 Å². The Morgan fingerprint density at radius 2 is 1.82 bits per heavy atom. The lowest BCUT2D eigenvalue weighted by Crippen LogP contribution is -2.19. The van der Waals surface area contributed by atoms with Crippen molar-refractivity contribution in [2.24, 2.45) is 0 Å². The van der Waals surface area contributed by atoms with Crippen LogP contribution >= 0.6 is 7.60 Å². The minimum absolute atomic E-state index is 0.0674. The molecule has 0 aromatic rings. The Balaban J connectivity index is 4.35. The summed E-state index contributed by atoms with van der Waals surface area (Å²) < 4.78 is 27.3. The second-order valence-electron chi connectivity index (χ2n) is 3.38. The van der Waals surface area contributed by atoms with Crippen LogP contribution in [-0.4, -0.2) is 31.4 Å². The number of hydrogen-bond acceptors (Lipinski definition) is 5. The summed E-state index contributed by atoms with van der Waals surface area (Å²) in [6.07, 6.45) is 2.45. The minimum atomic E-state index is -3.15. The standard InChI is InChI=1S/C11H21O5P/c1-5-8-11(12)16-10(4)9-17(13,14-6-2)15-7-3/h5,8,10H,6-7,9H2,1-4H3/b8-5+. The van der Waals surface area contributed by atoms with Crippen LogP contribution in [0.2, 0.25) is 0 Å². The molecule has 1 unspecified atom stereocenters. The molecule has 0 spiro atoms. The smallest absolute Gasteiger partial charge is 0.334 e. The highest BCUT2D eigenvalue weighted by atomic mass is 31.2. The van der Waals surface area contributed by atoms with Crippen molar-refractivity contribution < 1.29 is 23.1 Å². The molecule has 0 radical (unpaired) electrons. The van der Waals surface area contributed by atoms with E-state index < -0.39 is 19.7 Å². The molecule has 0 saturated heterocycles. The summed E-state index contributed by atoms with van der Waals surface area (Å²) >= 11 is 0.